The number of benzene rings is 1. The Morgan fingerprint density at radius 1 is 1.15 bits per heavy atom. The van der Waals surface area contributed by atoms with Gasteiger partial charge in [0.2, 0.25) is 0 Å². The second-order valence-corrected chi connectivity index (χ2v) is 4.34. The Hall–Kier alpha value is -2.60. The van der Waals surface area contributed by atoms with Crippen molar-refractivity contribution in [2.75, 3.05) is 18.5 Å². The van der Waals surface area contributed by atoms with Gasteiger partial charge in [0.1, 0.15) is 11.6 Å². The molecule has 0 fully saturated rings. The zero-order valence-electron chi connectivity index (χ0n) is 10.7. The van der Waals surface area contributed by atoms with Gasteiger partial charge < -0.3 is 15.5 Å². The summed E-state index contributed by atoms with van der Waals surface area (Å²) in [4.78, 5) is 4.49. The summed E-state index contributed by atoms with van der Waals surface area (Å²) in [6.45, 7) is 0.503. The summed E-state index contributed by atoms with van der Waals surface area (Å²) in [5.41, 5.74) is 2.54. The molecule has 3 rings (SSSR count). The van der Waals surface area contributed by atoms with Crippen molar-refractivity contribution in [1.29, 1.82) is 0 Å². The number of aromatic nitrogens is 3. The molecule has 0 atom stereocenters. The lowest BCUT2D eigenvalue weighted by Gasteiger charge is -2.04. The number of hydrogen-bond acceptors (Lipinski definition) is 5. The average Bonchev–Trinajstić information content (AvgIpc) is 2.89. The van der Waals surface area contributed by atoms with Crippen LogP contribution in [0.3, 0.4) is 0 Å². The van der Waals surface area contributed by atoms with Crippen molar-refractivity contribution in [1.82, 2.24) is 14.6 Å². The van der Waals surface area contributed by atoms with E-state index in [1.807, 2.05) is 18.3 Å². The molecule has 0 aliphatic carbocycles. The molecule has 102 valence electrons. The van der Waals surface area contributed by atoms with Crippen molar-refractivity contribution in [3.05, 3.63) is 42.7 Å². The van der Waals surface area contributed by atoms with Crippen molar-refractivity contribution >= 4 is 11.5 Å². The highest BCUT2D eigenvalue weighted by Gasteiger charge is 2.08. The van der Waals surface area contributed by atoms with Gasteiger partial charge in [-0.05, 0) is 23.8 Å². The monoisotopic (exact) mass is 270 g/mol. The summed E-state index contributed by atoms with van der Waals surface area (Å²) >= 11 is 0. The van der Waals surface area contributed by atoms with E-state index in [0.29, 0.717) is 12.4 Å². The number of nitrogens with one attached hydrogen (secondary N) is 1. The molecule has 2 heterocycles. The lowest BCUT2D eigenvalue weighted by molar-refractivity contribution is 0.311. The molecule has 0 aliphatic rings. The Balaban J connectivity index is 2.04. The molecule has 6 heteroatoms. The first-order valence-electron chi connectivity index (χ1n) is 6.26. The Morgan fingerprint density at radius 2 is 1.95 bits per heavy atom. The molecule has 0 spiro atoms. The zero-order chi connectivity index (χ0) is 13.9. The number of aliphatic hydroxyl groups is 1. The van der Waals surface area contributed by atoms with Gasteiger partial charge in [0, 0.05) is 18.3 Å². The van der Waals surface area contributed by atoms with Crippen LogP contribution in [-0.4, -0.2) is 38.0 Å². The van der Waals surface area contributed by atoms with Gasteiger partial charge in [-0.15, -0.1) is 0 Å². The molecule has 6 nitrogen and oxygen atoms in total. The number of rotatable bonds is 4. The van der Waals surface area contributed by atoms with Crippen LogP contribution in [0.15, 0.2) is 42.7 Å². The molecular weight excluding hydrogens is 256 g/mol. The first kappa shape index (κ1) is 12.4. The van der Waals surface area contributed by atoms with Crippen LogP contribution >= 0.6 is 0 Å². The van der Waals surface area contributed by atoms with Gasteiger partial charge in [0.15, 0.2) is 5.65 Å². The molecule has 2 aromatic heterocycles. The number of phenolic OH excluding ortho intramolecular Hbond substituents is 1. The molecule has 0 bridgehead atoms. The predicted molar refractivity (Wildman–Crippen MR) is 75.7 cm³/mol. The van der Waals surface area contributed by atoms with E-state index in [0.717, 1.165) is 16.8 Å². The summed E-state index contributed by atoms with van der Waals surface area (Å²) in [5.74, 6) is 0.913. The number of aliphatic hydroxyl groups excluding tert-OH is 1. The van der Waals surface area contributed by atoms with E-state index in [1.54, 1.807) is 28.9 Å². The van der Waals surface area contributed by atoms with E-state index < -0.39 is 0 Å². The van der Waals surface area contributed by atoms with E-state index >= 15 is 0 Å². The van der Waals surface area contributed by atoms with Crippen molar-refractivity contribution in [2.24, 2.45) is 0 Å². The van der Waals surface area contributed by atoms with Gasteiger partial charge in [-0.1, -0.05) is 12.1 Å². The third-order valence-electron chi connectivity index (χ3n) is 2.97. The minimum Gasteiger partial charge on any atom is -0.508 e. The summed E-state index contributed by atoms with van der Waals surface area (Å²) in [6, 6.07) is 8.71. The highest BCUT2D eigenvalue weighted by molar-refractivity contribution is 5.77. The lowest BCUT2D eigenvalue weighted by atomic mass is 10.1. The normalized spacial score (nSPS) is 10.8. The molecule has 3 aromatic rings. The maximum Gasteiger partial charge on any atom is 0.165 e. The SMILES string of the molecule is OCCNc1ccn2ncc(-c3ccc(O)cc3)c2n1. The molecule has 0 amide bonds. The predicted octanol–water partition coefficient (Wildman–Crippen LogP) is 1.51. The molecule has 3 N–H and O–H groups in total. The minimum atomic E-state index is 0.0525. The van der Waals surface area contributed by atoms with Gasteiger partial charge in [0.25, 0.3) is 0 Å². The molecule has 0 aliphatic heterocycles. The first-order valence-corrected chi connectivity index (χ1v) is 6.26. The first-order chi connectivity index (χ1) is 9.78. The van der Waals surface area contributed by atoms with E-state index in [2.05, 4.69) is 15.4 Å². The van der Waals surface area contributed by atoms with Gasteiger partial charge in [-0.3, -0.25) is 0 Å². The van der Waals surface area contributed by atoms with E-state index in [9.17, 15) is 5.11 Å². The molecule has 1 aromatic carbocycles. The highest BCUT2D eigenvalue weighted by Crippen LogP contribution is 2.25. The van der Waals surface area contributed by atoms with Gasteiger partial charge >= 0.3 is 0 Å². The third-order valence-corrected chi connectivity index (χ3v) is 2.97. The number of phenols is 1. The van der Waals surface area contributed by atoms with E-state index in [4.69, 9.17) is 5.11 Å². The molecule has 20 heavy (non-hydrogen) atoms. The number of fused-ring (bicyclic) bond motifs is 1. The number of anilines is 1. The molecule has 0 saturated carbocycles. The quantitative estimate of drug-likeness (QED) is 0.669. The van der Waals surface area contributed by atoms with Crippen LogP contribution in [0.25, 0.3) is 16.8 Å². The summed E-state index contributed by atoms with van der Waals surface area (Å²) in [7, 11) is 0. The fraction of sp³-hybridized carbons (Fsp3) is 0.143. The van der Waals surface area contributed by atoms with Crippen LogP contribution in [0.5, 0.6) is 5.75 Å². The Bertz CT molecular complexity index is 722. The van der Waals surface area contributed by atoms with Crippen LogP contribution in [0.4, 0.5) is 5.82 Å². The van der Waals surface area contributed by atoms with E-state index in [-0.39, 0.29) is 12.4 Å². The Morgan fingerprint density at radius 3 is 2.70 bits per heavy atom. The van der Waals surface area contributed by atoms with Crippen LogP contribution in [0.2, 0.25) is 0 Å². The maximum atomic E-state index is 9.34. The number of aromatic hydroxyl groups is 1. The van der Waals surface area contributed by atoms with Gasteiger partial charge in [-0.25, -0.2) is 9.50 Å². The van der Waals surface area contributed by atoms with E-state index in [1.165, 1.54) is 0 Å². The summed E-state index contributed by atoms with van der Waals surface area (Å²) in [5, 5.41) is 25.4. The second kappa shape index (κ2) is 5.18. The second-order valence-electron chi connectivity index (χ2n) is 4.34. The van der Waals surface area contributed by atoms with Crippen molar-refractivity contribution in [3.63, 3.8) is 0 Å². The topological polar surface area (TPSA) is 82.7 Å². The molecule has 0 saturated heterocycles. The van der Waals surface area contributed by atoms with Crippen LogP contribution in [0.1, 0.15) is 0 Å². The van der Waals surface area contributed by atoms with Gasteiger partial charge in [0.05, 0.1) is 12.8 Å². The summed E-state index contributed by atoms with van der Waals surface area (Å²) < 4.78 is 1.69. The van der Waals surface area contributed by atoms with Crippen LogP contribution in [-0.2, 0) is 0 Å². The highest BCUT2D eigenvalue weighted by atomic mass is 16.3. The summed E-state index contributed by atoms with van der Waals surface area (Å²) in [6.07, 6.45) is 3.55. The molecule has 0 radical (unpaired) electrons. The minimum absolute atomic E-state index is 0.0525. The zero-order valence-corrected chi connectivity index (χ0v) is 10.7. The number of hydrogen-bond donors (Lipinski definition) is 3. The largest absolute Gasteiger partial charge is 0.508 e. The van der Waals surface area contributed by atoms with Crippen LogP contribution in [0, 0.1) is 0 Å². The Labute approximate surface area is 115 Å². The fourth-order valence-corrected chi connectivity index (χ4v) is 2.00. The van der Waals surface area contributed by atoms with Crippen molar-refractivity contribution in [3.8, 4) is 16.9 Å². The van der Waals surface area contributed by atoms with Crippen molar-refractivity contribution < 1.29 is 10.2 Å². The molecule has 0 unspecified atom stereocenters. The molecular formula is C14H14N4O2. The number of nitrogens with zero attached hydrogens (tertiary/aromatic N) is 3. The van der Waals surface area contributed by atoms with Crippen molar-refractivity contribution in [2.45, 2.75) is 0 Å². The third kappa shape index (κ3) is 2.28. The lowest BCUT2D eigenvalue weighted by Crippen LogP contribution is -2.07. The average molecular weight is 270 g/mol. The smallest absolute Gasteiger partial charge is 0.165 e. The maximum absolute atomic E-state index is 9.34. The van der Waals surface area contributed by atoms with Crippen LogP contribution < -0.4 is 5.32 Å². The Kier molecular flexibility index (Phi) is 3.22. The standard InChI is InChI=1S/C14H14N4O2/c19-8-6-15-13-5-7-18-14(17-13)12(9-16-18)10-1-3-11(20)4-2-10/h1-5,7,9,19-20H,6,8H2,(H,15,17). The van der Waals surface area contributed by atoms with Gasteiger partial charge in [-0.2, -0.15) is 5.10 Å². The fourth-order valence-electron chi connectivity index (χ4n) is 2.00.